The number of thioether (sulfide) groups is 1. The highest BCUT2D eigenvalue weighted by Crippen LogP contribution is 2.34. The number of nitrogens with one attached hydrogen (secondary N) is 1. The van der Waals surface area contributed by atoms with Crippen LogP contribution in [0, 0.1) is 6.92 Å². The minimum Gasteiger partial charge on any atom is -0.356 e. The summed E-state index contributed by atoms with van der Waals surface area (Å²) in [5, 5.41) is 8.33. The van der Waals surface area contributed by atoms with Gasteiger partial charge in [-0.3, -0.25) is 4.68 Å². The van der Waals surface area contributed by atoms with E-state index < -0.39 is 0 Å². The summed E-state index contributed by atoms with van der Waals surface area (Å²) in [6.07, 6.45) is 3.91. The normalized spacial score (nSPS) is 22.4. The summed E-state index contributed by atoms with van der Waals surface area (Å²) in [6, 6.07) is 0.746. The predicted molar refractivity (Wildman–Crippen MR) is 91.2 cm³/mol. The highest BCUT2D eigenvalue weighted by molar-refractivity contribution is 8.00. The first kappa shape index (κ1) is 15.2. The summed E-state index contributed by atoms with van der Waals surface area (Å²) < 4.78 is 2.48. The zero-order valence-corrected chi connectivity index (χ0v) is 14.6. The summed E-state index contributed by atoms with van der Waals surface area (Å²) in [7, 11) is 2.09. The van der Waals surface area contributed by atoms with Gasteiger partial charge in [0.15, 0.2) is 0 Å². The van der Waals surface area contributed by atoms with Crippen LogP contribution < -0.4 is 10.2 Å². The van der Waals surface area contributed by atoms with Gasteiger partial charge in [0, 0.05) is 48.8 Å². The molecule has 5 heteroatoms. The van der Waals surface area contributed by atoms with E-state index in [0.717, 1.165) is 25.7 Å². The molecule has 118 valence electrons. The Kier molecular flexibility index (Phi) is 4.23. The molecule has 1 aliphatic carbocycles. The maximum absolute atomic E-state index is 4.68. The lowest BCUT2D eigenvalue weighted by Gasteiger charge is -2.25. The quantitative estimate of drug-likeness (QED) is 0.927. The molecule has 2 heterocycles. The summed E-state index contributed by atoms with van der Waals surface area (Å²) in [5.41, 5.74) is 2.57. The van der Waals surface area contributed by atoms with Crippen LogP contribution in [0.1, 0.15) is 44.4 Å². The van der Waals surface area contributed by atoms with Crippen LogP contribution in [-0.4, -0.2) is 39.4 Å². The largest absolute Gasteiger partial charge is 0.356 e. The van der Waals surface area contributed by atoms with E-state index in [9.17, 15) is 0 Å². The minimum atomic E-state index is 0.398. The molecular weight excluding hydrogens is 280 g/mol. The number of anilines is 1. The fourth-order valence-electron chi connectivity index (χ4n) is 3.06. The molecule has 1 aliphatic heterocycles. The highest BCUT2D eigenvalue weighted by Gasteiger charge is 2.28. The number of hydrogen-bond acceptors (Lipinski definition) is 4. The number of rotatable bonds is 4. The van der Waals surface area contributed by atoms with Crippen molar-refractivity contribution < 1.29 is 0 Å². The second-order valence-electron chi connectivity index (χ2n) is 7.01. The fraction of sp³-hybridized carbons (Fsp3) is 0.812. The van der Waals surface area contributed by atoms with E-state index >= 15 is 0 Å². The molecule has 0 atom stereocenters. The van der Waals surface area contributed by atoms with Gasteiger partial charge in [0.25, 0.3) is 0 Å². The third kappa shape index (κ3) is 3.57. The van der Waals surface area contributed by atoms with Crippen LogP contribution in [0.15, 0.2) is 0 Å². The molecule has 1 saturated carbocycles. The molecule has 1 aromatic rings. The third-order valence-corrected chi connectivity index (χ3v) is 5.97. The van der Waals surface area contributed by atoms with Crippen LogP contribution >= 0.6 is 11.8 Å². The van der Waals surface area contributed by atoms with Crippen molar-refractivity contribution in [3.8, 4) is 0 Å². The molecule has 21 heavy (non-hydrogen) atoms. The van der Waals surface area contributed by atoms with Crippen LogP contribution in [0.4, 0.5) is 5.82 Å². The lowest BCUT2D eigenvalue weighted by Crippen LogP contribution is -2.30. The standard InChI is InChI=1S/C16H28N4S/c1-12-14(11-17-13-5-6-13)15(19(4)18-12)20-8-7-16(2,3)21-10-9-20/h13,17H,5-11H2,1-4H3. The first-order valence-corrected chi connectivity index (χ1v) is 9.09. The van der Waals surface area contributed by atoms with Gasteiger partial charge in [-0.05, 0) is 26.2 Å². The van der Waals surface area contributed by atoms with E-state index in [0.29, 0.717) is 4.75 Å². The maximum atomic E-state index is 4.68. The Balaban J connectivity index is 1.79. The van der Waals surface area contributed by atoms with Gasteiger partial charge in [0.1, 0.15) is 5.82 Å². The van der Waals surface area contributed by atoms with E-state index in [1.54, 1.807) is 0 Å². The summed E-state index contributed by atoms with van der Waals surface area (Å²) in [5.74, 6) is 2.53. The predicted octanol–water partition coefficient (Wildman–Crippen LogP) is 2.70. The van der Waals surface area contributed by atoms with E-state index in [1.165, 1.54) is 42.1 Å². The molecule has 1 saturated heterocycles. The van der Waals surface area contributed by atoms with E-state index in [1.807, 2.05) is 0 Å². The van der Waals surface area contributed by atoms with Crippen molar-refractivity contribution in [2.75, 3.05) is 23.7 Å². The fourth-order valence-corrected chi connectivity index (χ4v) is 4.16. The van der Waals surface area contributed by atoms with Gasteiger partial charge in [-0.2, -0.15) is 16.9 Å². The van der Waals surface area contributed by atoms with Gasteiger partial charge in [0.05, 0.1) is 5.69 Å². The van der Waals surface area contributed by atoms with Gasteiger partial charge in [-0.1, -0.05) is 13.8 Å². The summed E-state index contributed by atoms with van der Waals surface area (Å²) in [4.78, 5) is 2.55. The van der Waals surface area contributed by atoms with Crippen molar-refractivity contribution in [2.45, 2.75) is 57.4 Å². The lowest BCUT2D eigenvalue weighted by atomic mass is 10.1. The molecule has 0 radical (unpaired) electrons. The second kappa shape index (κ2) is 5.84. The molecule has 1 N–H and O–H groups in total. The second-order valence-corrected chi connectivity index (χ2v) is 8.81. The van der Waals surface area contributed by atoms with E-state index in [4.69, 9.17) is 0 Å². The van der Waals surface area contributed by atoms with Crippen molar-refractivity contribution in [2.24, 2.45) is 7.05 Å². The molecule has 1 aromatic heterocycles. The highest BCUT2D eigenvalue weighted by atomic mass is 32.2. The van der Waals surface area contributed by atoms with Crippen LogP contribution in [0.3, 0.4) is 0 Å². The van der Waals surface area contributed by atoms with Crippen LogP contribution in [-0.2, 0) is 13.6 Å². The van der Waals surface area contributed by atoms with Crippen molar-refractivity contribution in [1.82, 2.24) is 15.1 Å². The summed E-state index contributed by atoms with van der Waals surface area (Å²) >= 11 is 2.10. The van der Waals surface area contributed by atoms with Gasteiger partial charge in [0.2, 0.25) is 0 Å². The Morgan fingerprint density at radius 2 is 2.10 bits per heavy atom. The Labute approximate surface area is 132 Å². The average molecular weight is 308 g/mol. The number of hydrogen-bond donors (Lipinski definition) is 1. The van der Waals surface area contributed by atoms with E-state index in [2.05, 4.69) is 59.6 Å². The van der Waals surface area contributed by atoms with Crippen molar-refractivity contribution in [3.05, 3.63) is 11.3 Å². The zero-order valence-electron chi connectivity index (χ0n) is 13.8. The Hall–Kier alpha value is -0.680. The topological polar surface area (TPSA) is 33.1 Å². The SMILES string of the molecule is Cc1nn(C)c(N2CCSC(C)(C)CC2)c1CNC1CC1. The minimum absolute atomic E-state index is 0.398. The first-order chi connectivity index (χ1) is 9.96. The monoisotopic (exact) mass is 308 g/mol. The smallest absolute Gasteiger partial charge is 0.131 e. The van der Waals surface area contributed by atoms with Crippen LogP contribution in [0.5, 0.6) is 0 Å². The molecule has 0 spiro atoms. The Bertz CT molecular complexity index is 505. The molecule has 0 bridgehead atoms. The van der Waals surface area contributed by atoms with Crippen LogP contribution in [0.25, 0.3) is 0 Å². The van der Waals surface area contributed by atoms with Crippen molar-refractivity contribution >= 4 is 17.6 Å². The molecule has 0 amide bonds. The number of aromatic nitrogens is 2. The molecule has 2 aliphatic rings. The molecule has 2 fully saturated rings. The molecule has 4 nitrogen and oxygen atoms in total. The average Bonchev–Trinajstić information content (AvgIpc) is 3.19. The maximum Gasteiger partial charge on any atom is 0.131 e. The lowest BCUT2D eigenvalue weighted by molar-refractivity contribution is 0.619. The van der Waals surface area contributed by atoms with Gasteiger partial charge in [-0.25, -0.2) is 0 Å². The number of aryl methyl sites for hydroxylation is 2. The van der Waals surface area contributed by atoms with Crippen molar-refractivity contribution in [3.63, 3.8) is 0 Å². The molecule has 0 aromatic carbocycles. The van der Waals surface area contributed by atoms with Gasteiger partial charge >= 0.3 is 0 Å². The third-order valence-electron chi connectivity index (χ3n) is 4.60. The van der Waals surface area contributed by atoms with E-state index in [-0.39, 0.29) is 0 Å². The molecular formula is C16H28N4S. The number of nitrogens with zero attached hydrogens (tertiary/aromatic N) is 3. The zero-order chi connectivity index (χ0) is 15.0. The molecule has 0 unspecified atom stereocenters. The summed E-state index contributed by atoms with van der Waals surface area (Å²) in [6.45, 7) is 10.1. The Morgan fingerprint density at radius 1 is 1.33 bits per heavy atom. The first-order valence-electron chi connectivity index (χ1n) is 8.11. The Morgan fingerprint density at radius 3 is 2.81 bits per heavy atom. The van der Waals surface area contributed by atoms with Crippen molar-refractivity contribution in [1.29, 1.82) is 0 Å². The molecule has 3 rings (SSSR count). The van der Waals surface area contributed by atoms with Gasteiger partial charge < -0.3 is 10.2 Å². The van der Waals surface area contributed by atoms with Gasteiger partial charge in [-0.15, -0.1) is 0 Å². The van der Waals surface area contributed by atoms with Crippen LogP contribution in [0.2, 0.25) is 0 Å².